The Balaban J connectivity index is 1.10. The molecule has 0 aliphatic carbocycles. The van der Waals surface area contributed by atoms with Crippen LogP contribution in [0, 0.1) is 6.92 Å². The number of hydrogen-bond donors (Lipinski definition) is 2. The molecule has 0 saturated heterocycles. The molecule has 2 N–H and O–H groups in total. The number of rotatable bonds is 10. The number of fused-ring (bicyclic) bond motifs is 2. The van der Waals surface area contributed by atoms with Gasteiger partial charge in [0.25, 0.3) is 15.9 Å². The lowest BCUT2D eigenvalue weighted by atomic mass is 10.0. The van der Waals surface area contributed by atoms with Crippen LogP contribution in [0.5, 0.6) is 5.75 Å². The van der Waals surface area contributed by atoms with Crippen LogP contribution in [0.2, 0.25) is 5.02 Å². The number of nitrogens with one attached hydrogen (secondary N) is 2. The fourth-order valence-electron chi connectivity index (χ4n) is 4.83. The molecule has 0 saturated carbocycles. The molecule has 0 bridgehead atoms. The van der Waals surface area contributed by atoms with E-state index in [1.165, 1.54) is 10.4 Å². The van der Waals surface area contributed by atoms with Crippen LogP contribution in [0.15, 0.2) is 77.8 Å². The van der Waals surface area contributed by atoms with E-state index in [0.29, 0.717) is 42.4 Å². The van der Waals surface area contributed by atoms with Crippen LogP contribution in [-0.4, -0.2) is 45.6 Å². The number of pyridine rings is 1. The number of carbonyl (C=O) groups is 1. The highest BCUT2D eigenvalue weighted by Crippen LogP contribution is 2.33. The second kappa shape index (κ2) is 12.1. The van der Waals surface area contributed by atoms with E-state index in [2.05, 4.69) is 15.6 Å². The van der Waals surface area contributed by atoms with Crippen molar-refractivity contribution in [3.8, 4) is 5.75 Å². The minimum Gasteiger partial charge on any atom is -0.484 e. The average molecular weight is 579 g/mol. The Kier molecular flexibility index (Phi) is 8.42. The average Bonchev–Trinajstić information content (AvgIpc) is 2.95. The molecule has 0 atom stereocenters. The largest absolute Gasteiger partial charge is 0.484 e. The summed E-state index contributed by atoms with van der Waals surface area (Å²) < 4.78 is 34.0. The van der Waals surface area contributed by atoms with Gasteiger partial charge in [0.1, 0.15) is 5.75 Å². The molecule has 1 aromatic heterocycles. The molecule has 4 aromatic rings. The number of sulfonamides is 1. The highest BCUT2D eigenvalue weighted by Gasteiger charge is 2.29. The summed E-state index contributed by atoms with van der Waals surface area (Å²) in [6.45, 7) is 3.21. The van der Waals surface area contributed by atoms with E-state index >= 15 is 0 Å². The van der Waals surface area contributed by atoms with Gasteiger partial charge < -0.3 is 15.4 Å². The standard InChI is InChI=1S/C30H31ClN4O4S/c1-21-18-24(40(37,38)35-17-4-7-22-6-2-3-8-28(22)35)10-12-29(21)39-20-30(36)34-15-5-14-32-26-13-16-33-27-19-23(31)9-11-25(26)27/h2-3,6,8-13,16,18-19H,4-5,7,14-15,17,20H2,1H3,(H,32,33)(H,34,36). The van der Waals surface area contributed by atoms with Gasteiger partial charge in [-0.1, -0.05) is 29.8 Å². The van der Waals surface area contributed by atoms with Crippen molar-refractivity contribution in [2.45, 2.75) is 31.1 Å². The van der Waals surface area contributed by atoms with E-state index in [1.807, 2.05) is 48.5 Å². The zero-order chi connectivity index (χ0) is 28.1. The second-order valence-electron chi connectivity index (χ2n) is 9.68. The molecule has 1 aliphatic rings. The number of nitrogens with zero attached hydrogens (tertiary/aromatic N) is 2. The fourth-order valence-corrected chi connectivity index (χ4v) is 6.62. The Morgan fingerprint density at radius 3 is 2.77 bits per heavy atom. The van der Waals surface area contributed by atoms with Gasteiger partial charge in [0.05, 0.1) is 16.1 Å². The maximum Gasteiger partial charge on any atom is 0.264 e. The van der Waals surface area contributed by atoms with Crippen LogP contribution in [-0.2, 0) is 21.2 Å². The lowest BCUT2D eigenvalue weighted by Gasteiger charge is -2.30. The highest BCUT2D eigenvalue weighted by molar-refractivity contribution is 7.92. The maximum atomic E-state index is 13.4. The lowest BCUT2D eigenvalue weighted by Crippen LogP contribution is -2.35. The molecular formula is C30H31ClN4O4S. The van der Waals surface area contributed by atoms with Gasteiger partial charge in [0, 0.05) is 41.9 Å². The number of benzene rings is 3. The van der Waals surface area contributed by atoms with Crippen molar-refractivity contribution in [1.82, 2.24) is 10.3 Å². The van der Waals surface area contributed by atoms with E-state index < -0.39 is 10.0 Å². The number of aryl methyl sites for hydroxylation is 2. The summed E-state index contributed by atoms with van der Waals surface area (Å²) in [6.07, 6.45) is 4.09. The lowest BCUT2D eigenvalue weighted by molar-refractivity contribution is -0.123. The summed E-state index contributed by atoms with van der Waals surface area (Å²) in [6, 6.07) is 19.9. The number of para-hydroxylation sites is 1. The van der Waals surface area contributed by atoms with Gasteiger partial charge in [-0.2, -0.15) is 0 Å². The molecule has 10 heteroatoms. The number of amides is 1. The summed E-state index contributed by atoms with van der Waals surface area (Å²) in [7, 11) is -3.71. The third-order valence-corrected chi connectivity index (χ3v) is 8.90. The smallest absolute Gasteiger partial charge is 0.264 e. The van der Waals surface area contributed by atoms with Crippen molar-refractivity contribution in [3.05, 3.63) is 89.1 Å². The first kappa shape index (κ1) is 27.7. The van der Waals surface area contributed by atoms with Gasteiger partial charge in [-0.05, 0) is 85.8 Å². The van der Waals surface area contributed by atoms with Crippen LogP contribution in [0.25, 0.3) is 10.9 Å². The van der Waals surface area contributed by atoms with Crippen molar-refractivity contribution in [2.75, 3.05) is 35.9 Å². The molecule has 0 unspecified atom stereocenters. The van der Waals surface area contributed by atoms with E-state index in [4.69, 9.17) is 16.3 Å². The molecular weight excluding hydrogens is 548 g/mol. The van der Waals surface area contributed by atoms with Crippen molar-refractivity contribution in [3.63, 3.8) is 0 Å². The molecule has 1 aliphatic heterocycles. The Hall–Kier alpha value is -3.82. The molecule has 8 nitrogen and oxygen atoms in total. The van der Waals surface area contributed by atoms with Gasteiger partial charge in [0.15, 0.2) is 6.61 Å². The Labute approximate surface area is 239 Å². The quantitative estimate of drug-likeness (QED) is 0.247. The summed E-state index contributed by atoms with van der Waals surface area (Å²) in [4.78, 5) is 16.9. The van der Waals surface area contributed by atoms with Gasteiger partial charge in [0.2, 0.25) is 0 Å². The van der Waals surface area contributed by atoms with Gasteiger partial charge in [-0.25, -0.2) is 8.42 Å². The highest BCUT2D eigenvalue weighted by atomic mass is 35.5. The SMILES string of the molecule is Cc1cc(S(=O)(=O)N2CCCc3ccccc32)ccc1OCC(=O)NCCCNc1ccnc2cc(Cl)ccc12. The summed E-state index contributed by atoms with van der Waals surface area (Å²) in [5, 5.41) is 7.86. The molecule has 5 rings (SSSR count). The Bertz CT molecular complexity index is 1640. The molecule has 0 fully saturated rings. The van der Waals surface area contributed by atoms with E-state index in [-0.39, 0.29) is 17.4 Å². The number of hydrogen-bond acceptors (Lipinski definition) is 6. The molecule has 3 aromatic carbocycles. The number of carbonyl (C=O) groups excluding carboxylic acids is 1. The van der Waals surface area contributed by atoms with Crippen molar-refractivity contribution < 1.29 is 17.9 Å². The van der Waals surface area contributed by atoms with Gasteiger partial charge in [-0.15, -0.1) is 0 Å². The third kappa shape index (κ3) is 6.16. The number of ether oxygens (including phenoxy) is 1. The topological polar surface area (TPSA) is 101 Å². The van der Waals surface area contributed by atoms with Crippen molar-refractivity contribution >= 4 is 49.8 Å². The number of anilines is 2. The van der Waals surface area contributed by atoms with Gasteiger partial charge >= 0.3 is 0 Å². The summed E-state index contributed by atoms with van der Waals surface area (Å²) >= 11 is 6.05. The van der Waals surface area contributed by atoms with Crippen LogP contribution >= 0.6 is 11.6 Å². The molecule has 1 amide bonds. The maximum absolute atomic E-state index is 13.4. The van der Waals surface area contributed by atoms with Crippen LogP contribution in [0.3, 0.4) is 0 Å². The molecule has 40 heavy (non-hydrogen) atoms. The number of halogens is 1. The zero-order valence-corrected chi connectivity index (χ0v) is 23.8. The molecule has 2 heterocycles. The fraction of sp³-hybridized carbons (Fsp3) is 0.267. The molecule has 208 valence electrons. The molecule has 0 spiro atoms. The van der Waals surface area contributed by atoms with E-state index in [9.17, 15) is 13.2 Å². The second-order valence-corrected chi connectivity index (χ2v) is 12.0. The van der Waals surface area contributed by atoms with Gasteiger partial charge in [-0.3, -0.25) is 14.1 Å². The van der Waals surface area contributed by atoms with Crippen molar-refractivity contribution in [1.29, 1.82) is 0 Å². The van der Waals surface area contributed by atoms with E-state index in [1.54, 1.807) is 25.3 Å². The van der Waals surface area contributed by atoms with E-state index in [0.717, 1.165) is 40.7 Å². The van der Waals surface area contributed by atoms with Crippen LogP contribution in [0.4, 0.5) is 11.4 Å². The predicted octanol–water partition coefficient (Wildman–Crippen LogP) is 5.34. The third-order valence-electron chi connectivity index (χ3n) is 6.86. The Morgan fingerprint density at radius 1 is 1.07 bits per heavy atom. The van der Waals surface area contributed by atoms with Crippen LogP contribution < -0.4 is 19.7 Å². The van der Waals surface area contributed by atoms with Crippen molar-refractivity contribution in [2.24, 2.45) is 0 Å². The summed E-state index contributed by atoms with van der Waals surface area (Å²) in [5.41, 5.74) is 4.20. The minimum atomic E-state index is -3.71. The normalized spacial score (nSPS) is 13.1. The summed E-state index contributed by atoms with van der Waals surface area (Å²) in [5.74, 6) is 0.226. The zero-order valence-electron chi connectivity index (χ0n) is 22.2. The number of aromatic nitrogens is 1. The monoisotopic (exact) mass is 578 g/mol. The first-order chi connectivity index (χ1) is 19.3. The Morgan fingerprint density at radius 2 is 1.93 bits per heavy atom. The first-order valence-electron chi connectivity index (χ1n) is 13.2. The predicted molar refractivity (Wildman–Crippen MR) is 159 cm³/mol. The molecule has 0 radical (unpaired) electrons. The van der Waals surface area contributed by atoms with Crippen LogP contribution in [0.1, 0.15) is 24.0 Å². The minimum absolute atomic E-state index is 0.157. The first-order valence-corrected chi connectivity index (χ1v) is 15.0.